The molecule has 0 aliphatic carbocycles. The summed E-state index contributed by atoms with van der Waals surface area (Å²) >= 11 is 0. The Hall–Kier alpha value is 0.230. The minimum atomic E-state index is -1.80. The topological polar surface area (TPSA) is 17.1 Å². The summed E-state index contributed by atoms with van der Waals surface area (Å²) in [4.78, 5) is 0. The van der Waals surface area contributed by atoms with Crippen LogP contribution in [0.1, 0.15) is 34.6 Å². The maximum absolute atomic E-state index is 12.0. The van der Waals surface area contributed by atoms with Crippen LogP contribution in [-0.2, 0) is 4.57 Å². The highest BCUT2D eigenvalue weighted by atomic mass is 31.2. The van der Waals surface area contributed by atoms with Crippen LogP contribution in [0.2, 0.25) is 0 Å². The van der Waals surface area contributed by atoms with Gasteiger partial charge >= 0.3 is 0 Å². The van der Waals surface area contributed by atoms with E-state index < -0.39 is 7.14 Å². The lowest BCUT2D eigenvalue weighted by atomic mass is 10.0. The fraction of sp³-hybridized carbons (Fsp3) is 1.00. The Balaban J connectivity index is 4.21. The molecule has 0 amide bonds. The zero-order chi connectivity index (χ0) is 9.12. The highest BCUT2D eigenvalue weighted by Crippen LogP contribution is 2.49. The maximum atomic E-state index is 12.0. The normalized spacial score (nSPS) is 13.5. The van der Waals surface area contributed by atoms with Gasteiger partial charge in [0.15, 0.2) is 0 Å². The van der Waals surface area contributed by atoms with Crippen molar-refractivity contribution >= 4 is 7.14 Å². The van der Waals surface area contributed by atoms with Crippen LogP contribution >= 0.6 is 7.14 Å². The van der Waals surface area contributed by atoms with Crippen LogP contribution in [0.25, 0.3) is 0 Å². The van der Waals surface area contributed by atoms with Gasteiger partial charge in [0.05, 0.1) is 7.14 Å². The Kier molecular flexibility index (Phi) is 3.84. The van der Waals surface area contributed by atoms with Crippen molar-refractivity contribution in [3.63, 3.8) is 0 Å². The molecule has 0 atom stereocenters. The molecule has 0 spiro atoms. The largest absolute Gasteiger partial charge is 0.324 e. The van der Waals surface area contributed by atoms with E-state index in [0.29, 0.717) is 0 Å². The molecule has 0 aliphatic heterocycles. The molecule has 0 saturated heterocycles. The fourth-order valence-electron chi connectivity index (χ4n) is 1.31. The lowest BCUT2D eigenvalue weighted by Crippen LogP contribution is -2.13. The fourth-order valence-corrected chi connectivity index (χ4v) is 3.94. The van der Waals surface area contributed by atoms with Crippen LogP contribution < -0.4 is 0 Å². The van der Waals surface area contributed by atoms with Crippen molar-refractivity contribution in [3.8, 4) is 0 Å². The SMILES string of the molecule is CCP(=O)(CC)CC(C)(C)C. The smallest absolute Gasteiger partial charge is 0.0877 e. The van der Waals surface area contributed by atoms with Gasteiger partial charge in [-0.05, 0) is 17.7 Å². The monoisotopic (exact) mass is 176 g/mol. The molecule has 0 rings (SSSR count). The summed E-state index contributed by atoms with van der Waals surface area (Å²) in [6, 6.07) is 0. The van der Waals surface area contributed by atoms with Gasteiger partial charge in [-0.2, -0.15) is 0 Å². The molecule has 0 heterocycles. The molecule has 0 unspecified atom stereocenters. The average Bonchev–Trinajstić information content (AvgIpc) is 1.84. The number of hydrogen-bond donors (Lipinski definition) is 0. The van der Waals surface area contributed by atoms with Gasteiger partial charge in [-0.1, -0.05) is 34.6 Å². The lowest BCUT2D eigenvalue weighted by molar-refractivity contribution is 0.461. The molecule has 0 bridgehead atoms. The summed E-state index contributed by atoms with van der Waals surface area (Å²) in [5.74, 6) is 0. The number of hydrogen-bond acceptors (Lipinski definition) is 1. The van der Waals surface area contributed by atoms with Crippen LogP contribution in [-0.4, -0.2) is 18.5 Å². The molecule has 0 radical (unpaired) electrons. The van der Waals surface area contributed by atoms with Gasteiger partial charge in [0.25, 0.3) is 0 Å². The molecular weight excluding hydrogens is 155 g/mol. The van der Waals surface area contributed by atoms with Crippen molar-refractivity contribution < 1.29 is 4.57 Å². The Labute approximate surface area is 70.9 Å². The maximum Gasteiger partial charge on any atom is 0.0877 e. The molecule has 0 aromatic heterocycles. The van der Waals surface area contributed by atoms with Crippen LogP contribution in [0.15, 0.2) is 0 Å². The summed E-state index contributed by atoms with van der Waals surface area (Å²) in [7, 11) is -1.80. The standard InChI is InChI=1S/C9H21OP/c1-6-11(10,7-2)8-9(3,4)5/h6-8H2,1-5H3. The second-order valence-corrected chi connectivity index (χ2v) is 8.11. The van der Waals surface area contributed by atoms with E-state index in [2.05, 4.69) is 20.8 Å². The van der Waals surface area contributed by atoms with Crippen molar-refractivity contribution in [2.75, 3.05) is 18.5 Å². The van der Waals surface area contributed by atoms with Gasteiger partial charge in [-0.15, -0.1) is 0 Å². The highest BCUT2D eigenvalue weighted by Gasteiger charge is 2.24. The van der Waals surface area contributed by atoms with Crippen LogP contribution in [0, 0.1) is 5.41 Å². The lowest BCUT2D eigenvalue weighted by Gasteiger charge is -2.24. The third kappa shape index (κ3) is 4.63. The molecule has 2 heteroatoms. The first-order valence-electron chi connectivity index (χ1n) is 4.40. The van der Waals surface area contributed by atoms with Gasteiger partial charge < -0.3 is 4.57 Å². The molecule has 11 heavy (non-hydrogen) atoms. The zero-order valence-electron chi connectivity index (χ0n) is 8.48. The van der Waals surface area contributed by atoms with Gasteiger partial charge in [-0.25, -0.2) is 0 Å². The van der Waals surface area contributed by atoms with E-state index in [0.717, 1.165) is 18.5 Å². The summed E-state index contributed by atoms with van der Waals surface area (Å²) in [5, 5.41) is 0. The van der Waals surface area contributed by atoms with E-state index in [1.807, 2.05) is 13.8 Å². The van der Waals surface area contributed by atoms with Crippen LogP contribution in [0.5, 0.6) is 0 Å². The van der Waals surface area contributed by atoms with E-state index in [1.165, 1.54) is 0 Å². The predicted molar refractivity (Wildman–Crippen MR) is 53.0 cm³/mol. The van der Waals surface area contributed by atoms with Crippen molar-refractivity contribution in [2.24, 2.45) is 5.41 Å². The van der Waals surface area contributed by atoms with E-state index >= 15 is 0 Å². The summed E-state index contributed by atoms with van der Waals surface area (Å²) in [6.45, 7) is 10.5. The van der Waals surface area contributed by atoms with Crippen LogP contribution in [0.4, 0.5) is 0 Å². The van der Waals surface area contributed by atoms with Crippen molar-refractivity contribution in [1.82, 2.24) is 0 Å². The summed E-state index contributed by atoms with van der Waals surface area (Å²) < 4.78 is 12.0. The van der Waals surface area contributed by atoms with Gasteiger partial charge in [0.2, 0.25) is 0 Å². The molecule has 1 nitrogen and oxygen atoms in total. The van der Waals surface area contributed by atoms with E-state index in [-0.39, 0.29) is 5.41 Å². The third-order valence-corrected chi connectivity index (χ3v) is 5.75. The van der Waals surface area contributed by atoms with E-state index in [9.17, 15) is 4.57 Å². The second kappa shape index (κ2) is 3.76. The number of rotatable bonds is 3. The molecule has 0 saturated carbocycles. The first-order valence-corrected chi connectivity index (χ1v) is 6.66. The first-order chi connectivity index (χ1) is 4.83. The molecule has 68 valence electrons. The highest BCUT2D eigenvalue weighted by molar-refractivity contribution is 7.63. The Morgan fingerprint density at radius 1 is 1.09 bits per heavy atom. The van der Waals surface area contributed by atoms with Crippen molar-refractivity contribution in [3.05, 3.63) is 0 Å². The quantitative estimate of drug-likeness (QED) is 0.602. The molecule has 0 fully saturated rings. The van der Waals surface area contributed by atoms with Gasteiger partial charge in [0, 0.05) is 6.16 Å². The van der Waals surface area contributed by atoms with E-state index in [4.69, 9.17) is 0 Å². The Morgan fingerprint density at radius 2 is 1.45 bits per heavy atom. The molecule has 0 N–H and O–H groups in total. The molecule has 0 aromatic carbocycles. The summed E-state index contributed by atoms with van der Waals surface area (Å²) in [6.07, 6.45) is 2.62. The molecule has 0 aromatic rings. The van der Waals surface area contributed by atoms with Crippen LogP contribution in [0.3, 0.4) is 0 Å². The first kappa shape index (κ1) is 11.2. The van der Waals surface area contributed by atoms with E-state index in [1.54, 1.807) is 0 Å². The van der Waals surface area contributed by atoms with Gasteiger partial charge in [-0.3, -0.25) is 0 Å². The van der Waals surface area contributed by atoms with Crippen molar-refractivity contribution in [2.45, 2.75) is 34.6 Å². The Morgan fingerprint density at radius 3 is 1.55 bits per heavy atom. The second-order valence-electron chi connectivity index (χ2n) is 4.41. The molecular formula is C9H21OP. The molecule has 0 aliphatic rings. The minimum Gasteiger partial charge on any atom is -0.324 e. The minimum absolute atomic E-state index is 0.224. The zero-order valence-corrected chi connectivity index (χ0v) is 9.37. The average molecular weight is 176 g/mol. The van der Waals surface area contributed by atoms with Gasteiger partial charge in [0.1, 0.15) is 0 Å². The Bertz CT molecular complexity index is 147. The summed E-state index contributed by atoms with van der Waals surface area (Å²) in [5.41, 5.74) is 0.224. The third-order valence-electron chi connectivity index (χ3n) is 1.92. The predicted octanol–water partition coefficient (Wildman–Crippen LogP) is 3.44. The van der Waals surface area contributed by atoms with Crippen molar-refractivity contribution in [1.29, 1.82) is 0 Å².